The molecule has 2 heterocycles. The van der Waals surface area contributed by atoms with Crippen molar-refractivity contribution in [1.82, 2.24) is 20.1 Å². The molecule has 0 spiro atoms. The summed E-state index contributed by atoms with van der Waals surface area (Å²) < 4.78 is 22.0. The fourth-order valence-electron chi connectivity index (χ4n) is 3.61. The molecular formula is C28H29FN6O4. The molecule has 0 radical (unpaired) electrons. The Morgan fingerprint density at radius 3 is 2.54 bits per heavy atom. The molecule has 0 saturated carbocycles. The van der Waals surface area contributed by atoms with Crippen molar-refractivity contribution in [3.8, 4) is 17.2 Å². The summed E-state index contributed by atoms with van der Waals surface area (Å²) in [5.41, 5.74) is 2.14. The number of carbonyl (C=O) groups is 2. The lowest BCUT2D eigenvalue weighted by Crippen LogP contribution is -2.21. The lowest BCUT2D eigenvalue weighted by Gasteiger charge is -2.14. The summed E-state index contributed by atoms with van der Waals surface area (Å²) in [6.07, 6.45) is 1.38. The van der Waals surface area contributed by atoms with Gasteiger partial charge >= 0.3 is 6.03 Å². The van der Waals surface area contributed by atoms with E-state index in [-0.39, 0.29) is 34.9 Å². The van der Waals surface area contributed by atoms with Gasteiger partial charge in [0.2, 0.25) is 0 Å². The Labute approximate surface area is 224 Å². The van der Waals surface area contributed by atoms with Gasteiger partial charge in [0.1, 0.15) is 17.3 Å². The molecule has 2 aromatic heterocycles. The maximum Gasteiger partial charge on any atom is 0.324 e. The predicted octanol–water partition coefficient (Wildman–Crippen LogP) is 4.99. The summed E-state index contributed by atoms with van der Waals surface area (Å²) >= 11 is 0. The third kappa shape index (κ3) is 6.57. The van der Waals surface area contributed by atoms with Crippen LogP contribution in [0.25, 0.3) is 5.69 Å². The molecule has 4 aromatic rings. The van der Waals surface area contributed by atoms with E-state index in [0.29, 0.717) is 17.1 Å². The molecule has 4 rings (SSSR count). The Morgan fingerprint density at radius 1 is 1.05 bits per heavy atom. The van der Waals surface area contributed by atoms with E-state index in [1.54, 1.807) is 28.9 Å². The Bertz CT molecular complexity index is 1510. The maximum atomic E-state index is 14.8. The van der Waals surface area contributed by atoms with Gasteiger partial charge in [0.05, 0.1) is 18.0 Å². The maximum absolute atomic E-state index is 14.8. The van der Waals surface area contributed by atoms with Gasteiger partial charge < -0.3 is 20.5 Å². The number of carbonyl (C=O) groups excluding carboxylic acids is 2. The number of aromatic nitrogens is 3. The van der Waals surface area contributed by atoms with Crippen molar-refractivity contribution in [1.29, 1.82) is 0 Å². The quantitative estimate of drug-likeness (QED) is 0.265. The second-order valence-electron chi connectivity index (χ2n) is 9.69. The zero-order valence-corrected chi connectivity index (χ0v) is 21.9. The molecule has 0 aliphatic heterocycles. The number of hydrogen-bond acceptors (Lipinski definition) is 6. The summed E-state index contributed by atoms with van der Waals surface area (Å²) in [6.45, 7) is 5.88. The average molecular weight is 533 g/mol. The zero-order valence-electron chi connectivity index (χ0n) is 21.9. The minimum atomic E-state index is -0.716. The van der Waals surface area contributed by atoms with Gasteiger partial charge in [-0.1, -0.05) is 32.9 Å². The SMILES string of the molecule is CNC(=O)c1cc(Oc2ccc(NC(=O)Nc3cc(C(C)(C)C)nn3-c3cccc(CO)c3)cc2F)ccn1. The summed E-state index contributed by atoms with van der Waals surface area (Å²) in [5.74, 6) is -0.575. The second-order valence-corrected chi connectivity index (χ2v) is 9.69. The summed E-state index contributed by atoms with van der Waals surface area (Å²) in [6, 6.07) is 15.2. The van der Waals surface area contributed by atoms with Crippen molar-refractivity contribution in [3.63, 3.8) is 0 Å². The van der Waals surface area contributed by atoms with Gasteiger partial charge in [-0.25, -0.2) is 13.9 Å². The van der Waals surface area contributed by atoms with Crippen molar-refractivity contribution in [2.75, 3.05) is 17.7 Å². The van der Waals surface area contributed by atoms with E-state index in [2.05, 4.69) is 26.0 Å². The summed E-state index contributed by atoms with van der Waals surface area (Å²) in [7, 11) is 1.48. The Kier molecular flexibility index (Phi) is 7.91. The number of urea groups is 1. The van der Waals surface area contributed by atoms with Crippen LogP contribution in [0.1, 0.15) is 42.5 Å². The molecule has 4 N–H and O–H groups in total. The smallest absolute Gasteiger partial charge is 0.324 e. The molecule has 202 valence electrons. The van der Waals surface area contributed by atoms with Crippen LogP contribution in [-0.2, 0) is 12.0 Å². The van der Waals surface area contributed by atoms with E-state index in [1.807, 2.05) is 26.8 Å². The topological polar surface area (TPSA) is 130 Å². The van der Waals surface area contributed by atoms with Crippen LogP contribution in [0, 0.1) is 5.82 Å². The Hall–Kier alpha value is -4.77. The van der Waals surface area contributed by atoms with Gasteiger partial charge in [-0.3, -0.25) is 15.1 Å². The highest BCUT2D eigenvalue weighted by atomic mass is 19.1. The molecule has 10 nitrogen and oxygen atoms in total. The number of aliphatic hydroxyl groups excluding tert-OH is 1. The number of nitrogens with zero attached hydrogens (tertiary/aromatic N) is 3. The minimum Gasteiger partial charge on any atom is -0.454 e. The van der Waals surface area contributed by atoms with E-state index in [0.717, 1.165) is 11.8 Å². The first kappa shape index (κ1) is 27.3. The van der Waals surface area contributed by atoms with Crippen molar-refractivity contribution < 1.29 is 23.8 Å². The number of ether oxygens (including phenoxy) is 1. The van der Waals surface area contributed by atoms with Crippen molar-refractivity contribution >= 4 is 23.4 Å². The molecule has 0 atom stereocenters. The van der Waals surface area contributed by atoms with Crippen molar-refractivity contribution in [2.45, 2.75) is 32.8 Å². The van der Waals surface area contributed by atoms with Crippen LogP contribution < -0.4 is 20.7 Å². The molecule has 0 bridgehead atoms. The highest BCUT2D eigenvalue weighted by molar-refractivity contribution is 5.99. The average Bonchev–Trinajstić information content (AvgIpc) is 3.34. The van der Waals surface area contributed by atoms with Crippen LogP contribution in [0.5, 0.6) is 11.5 Å². The van der Waals surface area contributed by atoms with Gasteiger partial charge in [-0.2, -0.15) is 5.10 Å². The van der Waals surface area contributed by atoms with E-state index >= 15 is 0 Å². The zero-order chi connectivity index (χ0) is 28.2. The van der Waals surface area contributed by atoms with E-state index in [1.165, 1.54) is 37.5 Å². The van der Waals surface area contributed by atoms with E-state index in [9.17, 15) is 19.1 Å². The number of nitrogens with one attached hydrogen (secondary N) is 3. The number of rotatable bonds is 7. The number of amides is 3. The molecule has 0 aliphatic rings. The number of halogens is 1. The van der Waals surface area contributed by atoms with Crippen LogP contribution in [-0.4, -0.2) is 38.9 Å². The first-order valence-electron chi connectivity index (χ1n) is 12.1. The Balaban J connectivity index is 1.51. The van der Waals surface area contributed by atoms with Crippen LogP contribution in [0.3, 0.4) is 0 Å². The predicted molar refractivity (Wildman–Crippen MR) is 145 cm³/mol. The van der Waals surface area contributed by atoms with E-state index in [4.69, 9.17) is 4.74 Å². The standard InChI is InChI=1S/C28H29FN6O4/c1-28(2,3)24-15-25(35(34-24)19-7-5-6-17(12-19)16-36)33-27(38)32-18-8-9-23(21(29)13-18)39-20-10-11-31-22(14-20)26(37)30-4/h5-15,36H,16H2,1-4H3,(H,30,37)(H2,32,33,38). The minimum absolute atomic E-state index is 0.0910. The fourth-order valence-corrected chi connectivity index (χ4v) is 3.61. The first-order valence-corrected chi connectivity index (χ1v) is 12.1. The van der Waals surface area contributed by atoms with Gasteiger partial charge in [-0.15, -0.1) is 0 Å². The molecule has 11 heteroatoms. The first-order chi connectivity index (χ1) is 18.6. The van der Waals surface area contributed by atoms with Gasteiger partial charge in [0, 0.05) is 42.5 Å². The third-order valence-electron chi connectivity index (χ3n) is 5.67. The molecule has 0 aliphatic carbocycles. The number of aliphatic hydroxyl groups is 1. The highest BCUT2D eigenvalue weighted by Gasteiger charge is 2.22. The summed E-state index contributed by atoms with van der Waals surface area (Å²) in [5, 5.41) is 22.0. The number of anilines is 2. The summed E-state index contributed by atoms with van der Waals surface area (Å²) in [4.78, 5) is 28.6. The van der Waals surface area contributed by atoms with Crippen molar-refractivity contribution in [3.05, 3.63) is 89.6 Å². The van der Waals surface area contributed by atoms with Crippen LogP contribution in [0.15, 0.2) is 66.9 Å². The lowest BCUT2D eigenvalue weighted by molar-refractivity contribution is 0.0957. The molecule has 39 heavy (non-hydrogen) atoms. The molecule has 2 aromatic carbocycles. The van der Waals surface area contributed by atoms with Gasteiger partial charge in [0.15, 0.2) is 11.6 Å². The van der Waals surface area contributed by atoms with Gasteiger partial charge in [0.25, 0.3) is 5.91 Å². The second kappa shape index (κ2) is 11.3. The monoisotopic (exact) mass is 532 g/mol. The molecule has 0 fully saturated rings. The lowest BCUT2D eigenvalue weighted by atomic mass is 9.92. The number of hydrogen-bond donors (Lipinski definition) is 4. The molecule has 0 unspecified atom stereocenters. The van der Waals surface area contributed by atoms with Crippen molar-refractivity contribution in [2.24, 2.45) is 0 Å². The number of pyridine rings is 1. The van der Waals surface area contributed by atoms with Crippen LogP contribution in [0.2, 0.25) is 0 Å². The largest absolute Gasteiger partial charge is 0.454 e. The number of benzene rings is 2. The van der Waals surface area contributed by atoms with Crippen LogP contribution in [0.4, 0.5) is 20.7 Å². The molecule has 0 saturated heterocycles. The molecule has 3 amide bonds. The Morgan fingerprint density at radius 2 is 1.85 bits per heavy atom. The molecular weight excluding hydrogens is 503 g/mol. The van der Waals surface area contributed by atoms with Crippen LogP contribution >= 0.6 is 0 Å². The van der Waals surface area contributed by atoms with E-state index < -0.39 is 17.8 Å². The third-order valence-corrected chi connectivity index (χ3v) is 5.67. The highest BCUT2D eigenvalue weighted by Crippen LogP contribution is 2.29. The normalized spacial score (nSPS) is 11.1. The van der Waals surface area contributed by atoms with Gasteiger partial charge in [-0.05, 0) is 35.9 Å². The fraction of sp³-hybridized carbons (Fsp3) is 0.214.